The molecule has 0 aliphatic rings. The molecule has 1 N–H and O–H groups in total. The van der Waals surface area contributed by atoms with Crippen molar-refractivity contribution in [2.45, 2.75) is 6.92 Å². The van der Waals surface area contributed by atoms with Gasteiger partial charge in [-0.15, -0.1) is 0 Å². The smallest absolute Gasteiger partial charge is 0.215 e. The van der Waals surface area contributed by atoms with Crippen LogP contribution in [0.15, 0.2) is 22.7 Å². The number of imidazole rings is 1. The molecular formula is C11H10N4O2. The van der Waals surface area contributed by atoms with E-state index in [4.69, 9.17) is 9.26 Å². The minimum Gasteiger partial charge on any atom is -0.481 e. The second-order valence-corrected chi connectivity index (χ2v) is 3.63. The maximum Gasteiger partial charge on any atom is 0.215 e. The van der Waals surface area contributed by atoms with Crippen LogP contribution in [0.4, 0.5) is 0 Å². The van der Waals surface area contributed by atoms with E-state index in [0.717, 1.165) is 11.3 Å². The molecule has 0 saturated carbocycles. The summed E-state index contributed by atoms with van der Waals surface area (Å²) in [6.07, 6.45) is 0. The maximum absolute atomic E-state index is 5.04. The average molecular weight is 230 g/mol. The fourth-order valence-electron chi connectivity index (χ4n) is 1.59. The van der Waals surface area contributed by atoms with Gasteiger partial charge in [0.25, 0.3) is 0 Å². The zero-order valence-electron chi connectivity index (χ0n) is 9.39. The summed E-state index contributed by atoms with van der Waals surface area (Å²) in [7, 11) is 1.57. The monoisotopic (exact) mass is 230 g/mol. The van der Waals surface area contributed by atoms with E-state index >= 15 is 0 Å². The Bertz CT molecular complexity index is 671. The third-order valence-corrected chi connectivity index (χ3v) is 2.40. The van der Waals surface area contributed by atoms with E-state index in [2.05, 4.69) is 20.1 Å². The van der Waals surface area contributed by atoms with Crippen molar-refractivity contribution in [1.29, 1.82) is 0 Å². The molecule has 0 aliphatic heterocycles. The molecule has 3 aromatic rings. The first-order valence-electron chi connectivity index (χ1n) is 5.11. The van der Waals surface area contributed by atoms with Crippen LogP contribution in [0.3, 0.4) is 0 Å². The van der Waals surface area contributed by atoms with Crippen molar-refractivity contribution in [2.24, 2.45) is 0 Å². The van der Waals surface area contributed by atoms with Crippen molar-refractivity contribution in [2.75, 3.05) is 7.11 Å². The highest BCUT2D eigenvalue weighted by atomic mass is 16.5. The highest BCUT2D eigenvalue weighted by molar-refractivity contribution is 5.75. The summed E-state index contributed by atoms with van der Waals surface area (Å²) in [5.74, 6) is 1.91. The van der Waals surface area contributed by atoms with E-state index in [0.29, 0.717) is 23.0 Å². The number of rotatable bonds is 2. The highest BCUT2D eigenvalue weighted by Crippen LogP contribution is 2.20. The molecule has 0 aromatic carbocycles. The van der Waals surface area contributed by atoms with Gasteiger partial charge in [0.05, 0.1) is 12.6 Å². The summed E-state index contributed by atoms with van der Waals surface area (Å²) in [6.45, 7) is 1.83. The van der Waals surface area contributed by atoms with Gasteiger partial charge in [-0.3, -0.25) is 0 Å². The summed E-state index contributed by atoms with van der Waals surface area (Å²) < 4.78 is 10.0. The molecule has 86 valence electrons. The summed E-state index contributed by atoms with van der Waals surface area (Å²) in [5, 5.41) is 3.90. The zero-order chi connectivity index (χ0) is 11.8. The van der Waals surface area contributed by atoms with Crippen LogP contribution in [0, 0.1) is 6.92 Å². The van der Waals surface area contributed by atoms with E-state index in [1.807, 2.05) is 19.1 Å². The molecule has 0 aliphatic carbocycles. The van der Waals surface area contributed by atoms with Gasteiger partial charge >= 0.3 is 0 Å². The number of methoxy groups -OCH3 is 1. The van der Waals surface area contributed by atoms with Crippen LogP contribution in [0.2, 0.25) is 0 Å². The first-order chi connectivity index (χ1) is 8.26. The molecule has 6 heteroatoms. The Morgan fingerprint density at radius 2 is 2.18 bits per heavy atom. The second kappa shape index (κ2) is 3.58. The lowest BCUT2D eigenvalue weighted by Gasteiger charge is -1.95. The number of aryl methyl sites for hydroxylation is 1. The van der Waals surface area contributed by atoms with Crippen molar-refractivity contribution in [3.05, 3.63) is 24.0 Å². The molecule has 0 unspecified atom stereocenters. The molecule has 0 saturated heterocycles. The van der Waals surface area contributed by atoms with Crippen molar-refractivity contribution in [1.82, 2.24) is 20.1 Å². The number of hydrogen-bond donors (Lipinski definition) is 1. The predicted molar refractivity (Wildman–Crippen MR) is 60.7 cm³/mol. The summed E-state index contributed by atoms with van der Waals surface area (Å²) in [6, 6.07) is 5.46. The zero-order valence-corrected chi connectivity index (χ0v) is 9.39. The molecule has 3 rings (SSSR count). The van der Waals surface area contributed by atoms with Gasteiger partial charge in [-0.25, -0.2) is 4.98 Å². The number of nitrogens with one attached hydrogen (secondary N) is 1. The van der Waals surface area contributed by atoms with Crippen LogP contribution in [-0.4, -0.2) is 27.2 Å². The van der Waals surface area contributed by atoms with Crippen LogP contribution in [0.5, 0.6) is 5.88 Å². The Morgan fingerprint density at radius 3 is 2.88 bits per heavy atom. The van der Waals surface area contributed by atoms with Gasteiger partial charge < -0.3 is 14.2 Å². The summed E-state index contributed by atoms with van der Waals surface area (Å²) >= 11 is 0. The summed E-state index contributed by atoms with van der Waals surface area (Å²) in [4.78, 5) is 11.7. The maximum atomic E-state index is 5.04. The van der Waals surface area contributed by atoms with Gasteiger partial charge in [-0.05, 0) is 13.0 Å². The molecule has 17 heavy (non-hydrogen) atoms. The number of hydrogen-bond acceptors (Lipinski definition) is 5. The first kappa shape index (κ1) is 9.83. The SMILES string of the molecule is COc1ccc2[nH]c(-c3cc(C)on3)nc2n1. The van der Waals surface area contributed by atoms with Gasteiger partial charge in [-0.2, -0.15) is 4.98 Å². The topological polar surface area (TPSA) is 76.8 Å². The van der Waals surface area contributed by atoms with Crippen LogP contribution in [0.1, 0.15) is 5.76 Å². The molecule has 3 heterocycles. The number of nitrogens with zero attached hydrogens (tertiary/aromatic N) is 3. The van der Waals surface area contributed by atoms with Crippen molar-refractivity contribution >= 4 is 11.2 Å². The van der Waals surface area contributed by atoms with Gasteiger partial charge in [-0.1, -0.05) is 5.16 Å². The molecule has 0 atom stereocenters. The Kier molecular flexibility index (Phi) is 2.07. The van der Waals surface area contributed by atoms with Gasteiger partial charge in [0.1, 0.15) is 11.5 Å². The number of H-pyrrole nitrogens is 1. The van der Waals surface area contributed by atoms with Crippen LogP contribution in [0.25, 0.3) is 22.7 Å². The van der Waals surface area contributed by atoms with Gasteiger partial charge in [0, 0.05) is 12.1 Å². The minimum atomic E-state index is 0.534. The Morgan fingerprint density at radius 1 is 1.29 bits per heavy atom. The third kappa shape index (κ3) is 1.63. The van der Waals surface area contributed by atoms with Crippen LogP contribution < -0.4 is 4.74 Å². The normalized spacial score (nSPS) is 10.9. The van der Waals surface area contributed by atoms with Crippen LogP contribution in [-0.2, 0) is 0 Å². The molecule has 0 fully saturated rings. The van der Waals surface area contributed by atoms with Gasteiger partial charge in [0.15, 0.2) is 11.5 Å². The summed E-state index contributed by atoms with van der Waals surface area (Å²) in [5.41, 5.74) is 2.10. The fraction of sp³-hybridized carbons (Fsp3) is 0.182. The lowest BCUT2D eigenvalue weighted by Crippen LogP contribution is -1.86. The fourth-order valence-corrected chi connectivity index (χ4v) is 1.59. The van der Waals surface area contributed by atoms with E-state index in [1.165, 1.54) is 0 Å². The lowest BCUT2D eigenvalue weighted by molar-refractivity contribution is 0.399. The largest absolute Gasteiger partial charge is 0.481 e. The van der Waals surface area contributed by atoms with Crippen LogP contribution >= 0.6 is 0 Å². The molecule has 3 aromatic heterocycles. The van der Waals surface area contributed by atoms with Gasteiger partial charge in [0.2, 0.25) is 5.88 Å². The Hall–Kier alpha value is -2.37. The number of aromatic amines is 1. The molecule has 0 radical (unpaired) electrons. The number of fused-ring (bicyclic) bond motifs is 1. The molecule has 0 bridgehead atoms. The third-order valence-electron chi connectivity index (χ3n) is 2.40. The number of ether oxygens (including phenoxy) is 1. The van der Waals surface area contributed by atoms with Crippen molar-refractivity contribution in [3.8, 4) is 17.4 Å². The quantitative estimate of drug-likeness (QED) is 0.727. The molecular weight excluding hydrogens is 220 g/mol. The van der Waals surface area contributed by atoms with E-state index in [-0.39, 0.29) is 0 Å². The standard InChI is InChI=1S/C11H10N4O2/c1-6-5-8(15-17-6)11-12-7-3-4-9(16-2)13-10(7)14-11/h3-5H,1-2H3,(H,12,13,14). The highest BCUT2D eigenvalue weighted by Gasteiger charge is 2.10. The van der Waals surface area contributed by atoms with E-state index in [9.17, 15) is 0 Å². The average Bonchev–Trinajstić information content (AvgIpc) is 2.93. The van der Waals surface area contributed by atoms with E-state index in [1.54, 1.807) is 13.2 Å². The molecule has 0 spiro atoms. The van der Waals surface area contributed by atoms with Crippen molar-refractivity contribution < 1.29 is 9.26 Å². The lowest BCUT2D eigenvalue weighted by atomic mass is 10.4. The number of aromatic nitrogens is 4. The molecule has 6 nitrogen and oxygen atoms in total. The minimum absolute atomic E-state index is 0.534. The van der Waals surface area contributed by atoms with Crippen molar-refractivity contribution in [3.63, 3.8) is 0 Å². The number of pyridine rings is 1. The van der Waals surface area contributed by atoms with E-state index < -0.39 is 0 Å². The Balaban J connectivity index is 2.13. The second-order valence-electron chi connectivity index (χ2n) is 3.63. The predicted octanol–water partition coefficient (Wildman–Crippen LogP) is 1.93. The first-order valence-corrected chi connectivity index (χ1v) is 5.11. The Labute approximate surface area is 96.6 Å². The molecule has 0 amide bonds.